The summed E-state index contributed by atoms with van der Waals surface area (Å²) in [5.41, 5.74) is 4.59. The highest BCUT2D eigenvalue weighted by atomic mass is 35.5. The number of hydrogen-bond donors (Lipinski definition) is 2. The van der Waals surface area contributed by atoms with Gasteiger partial charge in [0.1, 0.15) is 0 Å². The van der Waals surface area contributed by atoms with Crippen molar-refractivity contribution in [2.75, 3.05) is 43.6 Å². The molecule has 0 unspecified atom stereocenters. The van der Waals surface area contributed by atoms with Gasteiger partial charge in [-0.15, -0.1) is 0 Å². The number of hydrogen-bond acceptors (Lipinski definition) is 4. The van der Waals surface area contributed by atoms with Crippen molar-refractivity contribution in [1.82, 2.24) is 5.32 Å². The minimum absolute atomic E-state index is 0.118. The molecule has 5 nitrogen and oxygen atoms in total. The zero-order valence-corrected chi connectivity index (χ0v) is 18.2. The topological polar surface area (TPSA) is 53.6 Å². The second-order valence-electron chi connectivity index (χ2n) is 8.53. The van der Waals surface area contributed by atoms with Gasteiger partial charge in [-0.2, -0.15) is 0 Å². The van der Waals surface area contributed by atoms with E-state index in [1.54, 1.807) is 7.11 Å². The number of carbonyl (C=O) groups excluding carboxylic acids is 1. The van der Waals surface area contributed by atoms with Gasteiger partial charge in [0.25, 0.3) is 0 Å². The van der Waals surface area contributed by atoms with Crippen LogP contribution in [0.5, 0.6) is 0 Å². The maximum absolute atomic E-state index is 13.0. The van der Waals surface area contributed by atoms with Crippen LogP contribution in [0.15, 0.2) is 36.4 Å². The number of benzene rings is 2. The van der Waals surface area contributed by atoms with Crippen molar-refractivity contribution in [3.05, 3.63) is 58.1 Å². The Morgan fingerprint density at radius 3 is 2.62 bits per heavy atom. The molecule has 0 radical (unpaired) electrons. The van der Waals surface area contributed by atoms with Crippen molar-refractivity contribution in [1.29, 1.82) is 0 Å². The van der Waals surface area contributed by atoms with Crippen molar-refractivity contribution in [3.8, 4) is 0 Å². The largest absolute Gasteiger partial charge is 0.383 e. The van der Waals surface area contributed by atoms with Crippen molar-refractivity contribution in [3.63, 3.8) is 0 Å². The number of fused-ring (bicyclic) bond motifs is 1. The van der Waals surface area contributed by atoms with Gasteiger partial charge in [0.05, 0.1) is 23.2 Å². The van der Waals surface area contributed by atoms with Crippen LogP contribution in [0.2, 0.25) is 5.02 Å². The van der Waals surface area contributed by atoms with Gasteiger partial charge in [-0.3, -0.25) is 4.79 Å². The Balaban J connectivity index is 1.70. The second-order valence-corrected chi connectivity index (χ2v) is 8.94. The third-order valence-electron chi connectivity index (χ3n) is 6.28. The van der Waals surface area contributed by atoms with E-state index in [4.69, 9.17) is 16.3 Å². The Kier molecular flexibility index (Phi) is 5.09. The lowest BCUT2D eigenvalue weighted by atomic mass is 9.81. The number of amides is 1. The number of ether oxygens (including phenoxy) is 1. The monoisotopic (exact) mass is 413 g/mol. The first-order chi connectivity index (χ1) is 13.8. The second kappa shape index (κ2) is 7.31. The predicted molar refractivity (Wildman–Crippen MR) is 118 cm³/mol. The van der Waals surface area contributed by atoms with E-state index < -0.39 is 5.41 Å². The first kappa shape index (κ1) is 20.2. The zero-order chi connectivity index (χ0) is 20.8. The Bertz CT molecular complexity index is 953. The maximum atomic E-state index is 13.0. The summed E-state index contributed by atoms with van der Waals surface area (Å²) in [6, 6.07) is 12.3. The number of anilines is 2. The molecule has 154 valence electrons. The van der Waals surface area contributed by atoms with E-state index in [1.165, 1.54) is 5.56 Å². The summed E-state index contributed by atoms with van der Waals surface area (Å²) in [6.07, 6.45) is 0. The van der Waals surface area contributed by atoms with Crippen LogP contribution >= 0.6 is 11.6 Å². The van der Waals surface area contributed by atoms with Gasteiger partial charge in [-0.1, -0.05) is 29.8 Å². The summed E-state index contributed by atoms with van der Waals surface area (Å²) in [5.74, 6) is 0.118. The average molecular weight is 414 g/mol. The first-order valence-corrected chi connectivity index (χ1v) is 10.4. The minimum Gasteiger partial charge on any atom is -0.383 e. The molecule has 2 aromatic carbocycles. The molecule has 0 aromatic heterocycles. The normalized spacial score (nSPS) is 19.1. The number of carbonyl (C=O) groups is 1. The zero-order valence-electron chi connectivity index (χ0n) is 17.4. The van der Waals surface area contributed by atoms with Crippen molar-refractivity contribution >= 4 is 28.9 Å². The molecule has 2 aromatic rings. The maximum Gasteiger partial charge on any atom is 0.237 e. The highest BCUT2D eigenvalue weighted by Crippen LogP contribution is 2.44. The van der Waals surface area contributed by atoms with Crippen LogP contribution in [-0.2, 0) is 20.5 Å². The van der Waals surface area contributed by atoms with E-state index in [0.717, 1.165) is 40.6 Å². The quantitative estimate of drug-likeness (QED) is 0.755. The SMILES string of the molecule is COCCN1C(=O)C(C)(C)c2ccc(NC3(c4cccc(Cl)c4C)CNC3)cc21. The molecule has 1 saturated heterocycles. The van der Waals surface area contributed by atoms with Gasteiger partial charge < -0.3 is 20.3 Å². The standard InChI is InChI=1S/C23H28ClN3O2/c1-15-17(6-5-7-19(15)24)23(13-25-14-23)26-16-8-9-18-20(12-16)27(10-11-29-4)21(28)22(18,2)3/h5-9,12,25-26H,10-11,13-14H2,1-4H3. The Labute approximate surface area is 177 Å². The molecular weight excluding hydrogens is 386 g/mol. The van der Waals surface area contributed by atoms with Crippen LogP contribution in [0.25, 0.3) is 0 Å². The summed E-state index contributed by atoms with van der Waals surface area (Å²) in [4.78, 5) is 14.8. The summed E-state index contributed by atoms with van der Waals surface area (Å²) >= 11 is 6.39. The van der Waals surface area contributed by atoms with Crippen LogP contribution < -0.4 is 15.5 Å². The molecule has 0 spiro atoms. The summed E-state index contributed by atoms with van der Waals surface area (Å²) in [6.45, 7) is 8.74. The molecule has 4 rings (SSSR count). The van der Waals surface area contributed by atoms with E-state index in [0.29, 0.717) is 13.2 Å². The molecule has 2 N–H and O–H groups in total. The molecule has 0 bridgehead atoms. The number of nitrogens with zero attached hydrogens (tertiary/aromatic N) is 1. The predicted octanol–water partition coefficient (Wildman–Crippen LogP) is 3.83. The molecule has 1 fully saturated rings. The summed E-state index contributed by atoms with van der Waals surface area (Å²) in [5, 5.41) is 7.90. The van der Waals surface area contributed by atoms with Gasteiger partial charge in [0, 0.05) is 37.5 Å². The highest BCUT2D eigenvalue weighted by molar-refractivity contribution is 6.31. The van der Waals surface area contributed by atoms with Gasteiger partial charge in [-0.05, 0) is 55.7 Å². The minimum atomic E-state index is -0.527. The smallest absolute Gasteiger partial charge is 0.237 e. The van der Waals surface area contributed by atoms with Crippen molar-refractivity contribution in [2.24, 2.45) is 0 Å². The fourth-order valence-electron chi connectivity index (χ4n) is 4.45. The molecule has 2 heterocycles. The van der Waals surface area contributed by atoms with Crippen LogP contribution in [0.1, 0.15) is 30.5 Å². The molecule has 29 heavy (non-hydrogen) atoms. The van der Waals surface area contributed by atoms with E-state index >= 15 is 0 Å². The molecule has 2 aliphatic heterocycles. The lowest BCUT2D eigenvalue weighted by molar-refractivity contribution is -0.122. The number of methoxy groups -OCH3 is 1. The lowest BCUT2D eigenvalue weighted by Crippen LogP contribution is -2.61. The van der Waals surface area contributed by atoms with Crippen LogP contribution in [0, 0.1) is 6.92 Å². The van der Waals surface area contributed by atoms with Gasteiger partial charge >= 0.3 is 0 Å². The first-order valence-electron chi connectivity index (χ1n) is 10.00. The highest BCUT2D eigenvalue weighted by Gasteiger charge is 2.44. The number of rotatable bonds is 6. The van der Waals surface area contributed by atoms with Gasteiger partial charge in [0.2, 0.25) is 5.91 Å². The summed E-state index contributed by atoms with van der Waals surface area (Å²) in [7, 11) is 1.66. The Hall–Kier alpha value is -2.08. The van der Waals surface area contributed by atoms with E-state index in [2.05, 4.69) is 41.8 Å². The number of nitrogens with one attached hydrogen (secondary N) is 2. The van der Waals surface area contributed by atoms with E-state index in [-0.39, 0.29) is 11.4 Å². The molecule has 6 heteroatoms. The average Bonchev–Trinajstić information content (AvgIpc) is 2.85. The molecular formula is C23H28ClN3O2. The fraction of sp³-hybridized carbons (Fsp3) is 0.435. The number of halogens is 1. The molecule has 0 atom stereocenters. The molecule has 0 saturated carbocycles. The Morgan fingerprint density at radius 2 is 1.97 bits per heavy atom. The molecule has 0 aliphatic carbocycles. The molecule has 2 aliphatic rings. The van der Waals surface area contributed by atoms with Gasteiger partial charge in [0.15, 0.2) is 0 Å². The van der Waals surface area contributed by atoms with Crippen LogP contribution in [0.4, 0.5) is 11.4 Å². The lowest BCUT2D eigenvalue weighted by Gasteiger charge is -2.45. The van der Waals surface area contributed by atoms with E-state index in [9.17, 15) is 4.79 Å². The third kappa shape index (κ3) is 3.21. The molecule has 1 amide bonds. The van der Waals surface area contributed by atoms with E-state index in [1.807, 2.05) is 30.9 Å². The third-order valence-corrected chi connectivity index (χ3v) is 6.69. The van der Waals surface area contributed by atoms with Crippen molar-refractivity contribution < 1.29 is 9.53 Å². The fourth-order valence-corrected chi connectivity index (χ4v) is 4.63. The Morgan fingerprint density at radius 1 is 1.21 bits per heavy atom. The van der Waals surface area contributed by atoms with Crippen molar-refractivity contribution in [2.45, 2.75) is 31.7 Å². The summed E-state index contributed by atoms with van der Waals surface area (Å²) < 4.78 is 5.22. The van der Waals surface area contributed by atoms with Crippen LogP contribution in [0.3, 0.4) is 0 Å². The van der Waals surface area contributed by atoms with Crippen LogP contribution in [-0.4, -0.2) is 39.3 Å². The van der Waals surface area contributed by atoms with Gasteiger partial charge in [-0.25, -0.2) is 0 Å².